The minimum atomic E-state index is -2.61. The molecule has 2 aromatic rings. The molecular weight excluding hydrogens is 443 g/mol. The number of esters is 1. The predicted molar refractivity (Wildman–Crippen MR) is 109 cm³/mol. The molecule has 32 heavy (non-hydrogen) atoms. The first-order chi connectivity index (χ1) is 15.2. The molecule has 1 unspecified atom stereocenters. The first-order valence-electron chi connectivity index (χ1n) is 9.80. The standard InChI is InChI=1S/C18H24N6O7P/c1-3-6-29-17(27)10(2)23-32(28)30-8-18(7-19)15(26)13(25)14(31-18)11-4-5-12-16(20)21-9-22-24(11)12/h4-5,9-10,13-15,25-26H,3,6,8H2,1-2H3,(H,23,28)(H2,20,21,22)/q+1/t10-,13-,14-,15-,18+/m0/s1. The molecule has 1 aliphatic rings. The Morgan fingerprint density at radius 1 is 1.53 bits per heavy atom. The summed E-state index contributed by atoms with van der Waals surface area (Å²) in [5.41, 5.74) is 4.57. The molecule has 13 nitrogen and oxygen atoms in total. The molecule has 0 aliphatic carbocycles. The maximum absolute atomic E-state index is 12.2. The predicted octanol–water partition coefficient (Wildman–Crippen LogP) is -0.0277. The van der Waals surface area contributed by atoms with Crippen LogP contribution < -0.4 is 10.8 Å². The minimum absolute atomic E-state index is 0.198. The number of fused-ring (bicyclic) bond motifs is 1. The highest BCUT2D eigenvalue weighted by Gasteiger charge is 2.57. The lowest BCUT2D eigenvalue weighted by Crippen LogP contribution is -2.45. The van der Waals surface area contributed by atoms with Gasteiger partial charge in [0.25, 0.3) is 0 Å². The molecule has 2 aromatic heterocycles. The lowest BCUT2D eigenvalue weighted by Gasteiger charge is -2.21. The Morgan fingerprint density at radius 3 is 2.97 bits per heavy atom. The van der Waals surface area contributed by atoms with E-state index in [4.69, 9.17) is 19.7 Å². The molecular formula is C18H24N6O7P+. The maximum Gasteiger partial charge on any atom is 0.613 e. The van der Waals surface area contributed by atoms with Crippen molar-refractivity contribution in [3.05, 3.63) is 24.2 Å². The Kier molecular flexibility index (Phi) is 7.35. The van der Waals surface area contributed by atoms with E-state index in [9.17, 15) is 24.8 Å². The minimum Gasteiger partial charge on any atom is -0.464 e. The molecule has 3 rings (SSSR count). The fourth-order valence-electron chi connectivity index (χ4n) is 3.21. The van der Waals surface area contributed by atoms with Gasteiger partial charge in [-0.2, -0.15) is 10.4 Å². The number of nitrogens with zero attached hydrogens (tertiary/aromatic N) is 4. The second-order valence-corrected chi connectivity index (χ2v) is 8.26. The van der Waals surface area contributed by atoms with Gasteiger partial charge in [0.05, 0.1) is 12.3 Å². The largest absolute Gasteiger partial charge is 0.613 e. The molecule has 0 amide bonds. The molecule has 3 heterocycles. The SMILES string of the molecule is CCCOC(=O)[C@H](C)N[P+](=O)OC[C@@]1(C#N)O[C@@H](c2ccc3c(N)ncnn23)[C@H](O)[C@@H]1O. The molecule has 1 aliphatic heterocycles. The van der Waals surface area contributed by atoms with Crippen LogP contribution in [0.15, 0.2) is 18.5 Å². The average molecular weight is 467 g/mol. The molecule has 172 valence electrons. The summed E-state index contributed by atoms with van der Waals surface area (Å²) >= 11 is 0. The van der Waals surface area contributed by atoms with Gasteiger partial charge in [-0.15, -0.1) is 4.52 Å². The van der Waals surface area contributed by atoms with E-state index in [1.807, 2.05) is 6.92 Å². The molecule has 5 N–H and O–H groups in total. The lowest BCUT2D eigenvalue weighted by atomic mass is 9.96. The summed E-state index contributed by atoms with van der Waals surface area (Å²) in [6, 6.07) is 4.05. The Hall–Kier alpha value is -2.72. The molecule has 14 heteroatoms. The van der Waals surface area contributed by atoms with Crippen molar-refractivity contribution in [1.82, 2.24) is 19.7 Å². The first-order valence-corrected chi connectivity index (χ1v) is 11.0. The third-order valence-corrected chi connectivity index (χ3v) is 5.90. The van der Waals surface area contributed by atoms with E-state index in [-0.39, 0.29) is 12.4 Å². The summed E-state index contributed by atoms with van der Waals surface area (Å²) in [7, 11) is -2.61. The zero-order chi connectivity index (χ0) is 23.5. The van der Waals surface area contributed by atoms with E-state index < -0.39 is 50.7 Å². The number of anilines is 1. The Balaban J connectivity index is 1.70. The molecule has 0 aromatic carbocycles. The number of hydrogen-bond donors (Lipinski definition) is 4. The van der Waals surface area contributed by atoms with Crippen molar-refractivity contribution in [1.29, 1.82) is 5.26 Å². The molecule has 1 saturated heterocycles. The average Bonchev–Trinajstić information content (AvgIpc) is 3.31. The van der Waals surface area contributed by atoms with Crippen LogP contribution in [-0.2, 0) is 23.4 Å². The second-order valence-electron chi connectivity index (χ2n) is 7.22. The number of hydrogen-bond acceptors (Lipinski definition) is 11. The molecule has 0 radical (unpaired) electrons. The number of rotatable bonds is 9. The number of nitriles is 1. The third-order valence-electron chi connectivity index (χ3n) is 4.94. The highest BCUT2D eigenvalue weighted by molar-refractivity contribution is 7.36. The van der Waals surface area contributed by atoms with Gasteiger partial charge < -0.3 is 25.4 Å². The van der Waals surface area contributed by atoms with Crippen molar-refractivity contribution in [3.8, 4) is 6.07 Å². The van der Waals surface area contributed by atoms with Crippen LogP contribution in [0, 0.1) is 11.3 Å². The molecule has 6 atom stereocenters. The smallest absolute Gasteiger partial charge is 0.464 e. The van der Waals surface area contributed by atoms with Crippen molar-refractivity contribution in [2.45, 2.75) is 50.2 Å². The number of nitrogen functional groups attached to an aromatic ring is 1. The number of carbonyl (C=O) groups excluding carboxylic acids is 1. The summed E-state index contributed by atoms with van der Waals surface area (Å²) in [5, 5.41) is 37.3. The van der Waals surface area contributed by atoms with E-state index in [2.05, 4.69) is 15.2 Å². The zero-order valence-corrected chi connectivity index (χ0v) is 18.3. The van der Waals surface area contributed by atoms with Gasteiger partial charge in [-0.1, -0.05) is 12.0 Å². The van der Waals surface area contributed by atoms with E-state index in [1.165, 1.54) is 17.8 Å². The summed E-state index contributed by atoms with van der Waals surface area (Å²) in [4.78, 5) is 15.7. The fourth-order valence-corrected chi connectivity index (χ4v) is 4.01. The van der Waals surface area contributed by atoms with Gasteiger partial charge in [0.2, 0.25) is 5.60 Å². The van der Waals surface area contributed by atoms with Crippen LogP contribution in [0.2, 0.25) is 0 Å². The highest BCUT2D eigenvalue weighted by Crippen LogP contribution is 2.41. The normalized spacial score (nSPS) is 26.6. The fraction of sp³-hybridized carbons (Fsp3) is 0.556. The molecule has 0 saturated carbocycles. The first kappa shape index (κ1) is 23.9. The van der Waals surface area contributed by atoms with Crippen LogP contribution in [-0.4, -0.2) is 67.8 Å². The van der Waals surface area contributed by atoms with Crippen molar-refractivity contribution in [3.63, 3.8) is 0 Å². The van der Waals surface area contributed by atoms with E-state index in [0.717, 1.165) is 0 Å². The quantitative estimate of drug-likeness (QED) is 0.284. The zero-order valence-electron chi connectivity index (χ0n) is 17.4. The van der Waals surface area contributed by atoms with Gasteiger partial charge in [0.1, 0.15) is 48.9 Å². The van der Waals surface area contributed by atoms with Gasteiger partial charge in [-0.25, -0.2) is 9.50 Å². The number of aliphatic hydroxyl groups excluding tert-OH is 2. The molecule has 0 spiro atoms. The summed E-state index contributed by atoms with van der Waals surface area (Å²) in [6.07, 6.45) is -2.49. The van der Waals surface area contributed by atoms with Crippen LogP contribution in [0.1, 0.15) is 32.1 Å². The van der Waals surface area contributed by atoms with Crippen molar-refractivity contribution >= 4 is 25.5 Å². The molecule has 0 bridgehead atoms. The number of nitrogens with two attached hydrogens (primary N) is 1. The van der Waals surface area contributed by atoms with Gasteiger partial charge in [-0.3, -0.25) is 4.79 Å². The highest BCUT2D eigenvalue weighted by atomic mass is 31.1. The number of aromatic nitrogens is 3. The van der Waals surface area contributed by atoms with Gasteiger partial charge in [0.15, 0.2) is 5.82 Å². The number of carbonyl (C=O) groups is 1. The van der Waals surface area contributed by atoms with Crippen LogP contribution in [0.5, 0.6) is 0 Å². The molecule has 1 fully saturated rings. The summed E-state index contributed by atoms with van der Waals surface area (Å²) in [5.74, 6) is -0.411. The van der Waals surface area contributed by atoms with Crippen molar-refractivity contribution in [2.24, 2.45) is 0 Å². The van der Waals surface area contributed by atoms with Gasteiger partial charge in [-0.05, 0) is 30.0 Å². The van der Waals surface area contributed by atoms with Crippen LogP contribution >= 0.6 is 8.18 Å². The number of ether oxygens (including phenoxy) is 2. The summed E-state index contributed by atoms with van der Waals surface area (Å²) < 4.78 is 29.4. The van der Waals surface area contributed by atoms with E-state index >= 15 is 0 Å². The Morgan fingerprint density at radius 2 is 2.28 bits per heavy atom. The summed E-state index contributed by atoms with van der Waals surface area (Å²) in [6.45, 7) is 2.87. The number of nitrogens with one attached hydrogen (secondary N) is 1. The number of aliphatic hydroxyl groups is 2. The van der Waals surface area contributed by atoms with E-state index in [0.29, 0.717) is 17.6 Å². The topological polar surface area (TPSA) is 194 Å². The van der Waals surface area contributed by atoms with Crippen molar-refractivity contribution < 1.29 is 33.6 Å². The van der Waals surface area contributed by atoms with Crippen LogP contribution in [0.25, 0.3) is 5.52 Å². The Labute approximate surface area is 184 Å². The lowest BCUT2D eigenvalue weighted by molar-refractivity contribution is -0.145. The van der Waals surface area contributed by atoms with Crippen molar-refractivity contribution in [2.75, 3.05) is 18.9 Å². The monoisotopic (exact) mass is 467 g/mol. The van der Waals surface area contributed by atoms with Crippen LogP contribution in [0.4, 0.5) is 5.82 Å². The third kappa shape index (κ3) is 4.56. The van der Waals surface area contributed by atoms with Crippen LogP contribution in [0.3, 0.4) is 0 Å². The van der Waals surface area contributed by atoms with Gasteiger partial charge >= 0.3 is 14.1 Å². The van der Waals surface area contributed by atoms with E-state index in [1.54, 1.807) is 18.2 Å². The second kappa shape index (κ2) is 9.83. The van der Waals surface area contributed by atoms with Gasteiger partial charge in [0, 0.05) is 0 Å². The Bertz CT molecular complexity index is 1040. The maximum atomic E-state index is 12.2.